The summed E-state index contributed by atoms with van der Waals surface area (Å²) in [7, 11) is 0. The standard InChI is InChI=1S/C23H23N5O/c1-15-8-9-20-18(12-15)13-19(16(2)24-20)23(29)27-10-5-6-17(14-27)22-26-25-21-7-3-4-11-28(21)22/h3-4,7-9,11-13,17H,5-6,10,14H2,1-2H3. The zero-order valence-electron chi connectivity index (χ0n) is 16.7. The molecule has 146 valence electrons. The van der Waals surface area contributed by atoms with Crippen LogP contribution in [0.3, 0.4) is 0 Å². The van der Waals surface area contributed by atoms with Gasteiger partial charge in [-0.05, 0) is 57.0 Å². The Morgan fingerprint density at radius 2 is 2.00 bits per heavy atom. The fourth-order valence-corrected chi connectivity index (χ4v) is 4.29. The molecule has 4 heterocycles. The van der Waals surface area contributed by atoms with Crippen LogP contribution in [0, 0.1) is 13.8 Å². The number of pyridine rings is 2. The molecule has 1 saturated heterocycles. The van der Waals surface area contributed by atoms with Crippen molar-refractivity contribution in [3.05, 3.63) is 71.3 Å². The van der Waals surface area contributed by atoms with Gasteiger partial charge in [0.2, 0.25) is 0 Å². The molecule has 1 atom stereocenters. The summed E-state index contributed by atoms with van der Waals surface area (Å²) < 4.78 is 2.03. The van der Waals surface area contributed by atoms with Crippen molar-refractivity contribution in [1.29, 1.82) is 0 Å². The van der Waals surface area contributed by atoms with Crippen LogP contribution >= 0.6 is 0 Å². The van der Waals surface area contributed by atoms with Crippen molar-refractivity contribution in [2.75, 3.05) is 13.1 Å². The predicted molar refractivity (Wildman–Crippen MR) is 112 cm³/mol. The van der Waals surface area contributed by atoms with E-state index in [1.54, 1.807) is 0 Å². The number of piperidine rings is 1. The van der Waals surface area contributed by atoms with E-state index in [1.165, 1.54) is 5.56 Å². The van der Waals surface area contributed by atoms with Gasteiger partial charge in [0, 0.05) is 30.6 Å². The van der Waals surface area contributed by atoms with Gasteiger partial charge in [-0.25, -0.2) is 0 Å². The van der Waals surface area contributed by atoms with Gasteiger partial charge in [0.05, 0.1) is 16.8 Å². The Labute approximate surface area is 169 Å². The Bertz CT molecular complexity index is 1230. The second-order valence-electron chi connectivity index (χ2n) is 7.89. The van der Waals surface area contributed by atoms with Crippen molar-refractivity contribution in [2.45, 2.75) is 32.6 Å². The average molecular weight is 385 g/mol. The van der Waals surface area contributed by atoms with Gasteiger partial charge in [-0.3, -0.25) is 14.2 Å². The lowest BCUT2D eigenvalue weighted by Crippen LogP contribution is -2.40. The number of rotatable bonds is 2. The van der Waals surface area contributed by atoms with E-state index in [0.29, 0.717) is 12.1 Å². The monoisotopic (exact) mass is 385 g/mol. The second-order valence-corrected chi connectivity index (χ2v) is 7.89. The molecular formula is C23H23N5O. The number of fused-ring (bicyclic) bond motifs is 2. The van der Waals surface area contributed by atoms with E-state index in [4.69, 9.17) is 0 Å². The molecule has 0 spiro atoms. The van der Waals surface area contributed by atoms with Crippen LogP contribution in [0.25, 0.3) is 16.6 Å². The summed E-state index contributed by atoms with van der Waals surface area (Å²) in [6, 6.07) is 14.0. The Morgan fingerprint density at radius 1 is 1.10 bits per heavy atom. The Morgan fingerprint density at radius 3 is 2.90 bits per heavy atom. The number of hydrogen-bond acceptors (Lipinski definition) is 4. The summed E-state index contributed by atoms with van der Waals surface area (Å²) in [6.07, 6.45) is 3.95. The Kier molecular flexibility index (Phi) is 4.27. The van der Waals surface area contributed by atoms with Crippen LogP contribution < -0.4 is 0 Å². The first-order valence-electron chi connectivity index (χ1n) is 10.1. The van der Waals surface area contributed by atoms with Gasteiger partial charge < -0.3 is 4.90 Å². The summed E-state index contributed by atoms with van der Waals surface area (Å²) in [4.78, 5) is 20.0. The molecule has 0 saturated carbocycles. The van der Waals surface area contributed by atoms with Gasteiger partial charge in [0.25, 0.3) is 5.91 Å². The van der Waals surface area contributed by atoms with Gasteiger partial charge >= 0.3 is 0 Å². The van der Waals surface area contributed by atoms with E-state index < -0.39 is 0 Å². The molecule has 29 heavy (non-hydrogen) atoms. The van der Waals surface area contributed by atoms with Gasteiger partial charge in [-0.1, -0.05) is 17.7 Å². The van der Waals surface area contributed by atoms with Gasteiger partial charge in [-0.2, -0.15) is 0 Å². The molecule has 0 bridgehead atoms. The molecule has 5 rings (SSSR count). The Hall–Kier alpha value is -3.28. The lowest BCUT2D eigenvalue weighted by molar-refractivity contribution is 0.0703. The van der Waals surface area contributed by atoms with Crippen molar-refractivity contribution in [2.24, 2.45) is 0 Å². The Balaban J connectivity index is 1.45. The molecule has 1 unspecified atom stereocenters. The van der Waals surface area contributed by atoms with E-state index in [0.717, 1.165) is 47.5 Å². The third-order valence-corrected chi connectivity index (χ3v) is 5.81. The molecule has 0 aliphatic carbocycles. The highest BCUT2D eigenvalue weighted by Gasteiger charge is 2.29. The molecule has 1 amide bonds. The van der Waals surface area contributed by atoms with Gasteiger partial charge in [-0.15, -0.1) is 10.2 Å². The molecule has 3 aromatic heterocycles. The first kappa shape index (κ1) is 17.8. The number of hydrogen-bond donors (Lipinski definition) is 0. The zero-order chi connectivity index (χ0) is 20.0. The van der Waals surface area contributed by atoms with Crippen LogP contribution in [0.4, 0.5) is 0 Å². The number of carbonyl (C=O) groups excluding carboxylic acids is 1. The summed E-state index contributed by atoms with van der Waals surface area (Å²) in [5.41, 5.74) is 4.40. The largest absolute Gasteiger partial charge is 0.338 e. The first-order chi connectivity index (χ1) is 14.1. The molecule has 6 heteroatoms. The summed E-state index contributed by atoms with van der Waals surface area (Å²) in [5, 5.41) is 9.70. The normalized spacial score (nSPS) is 17.2. The van der Waals surface area contributed by atoms with Crippen molar-refractivity contribution >= 4 is 22.5 Å². The van der Waals surface area contributed by atoms with Crippen LogP contribution in [-0.4, -0.2) is 43.5 Å². The molecule has 0 N–H and O–H groups in total. The first-order valence-corrected chi connectivity index (χ1v) is 10.1. The maximum Gasteiger partial charge on any atom is 0.255 e. The second kappa shape index (κ2) is 6.95. The van der Waals surface area contributed by atoms with E-state index in [2.05, 4.69) is 28.2 Å². The summed E-state index contributed by atoms with van der Waals surface area (Å²) >= 11 is 0. The van der Waals surface area contributed by atoms with Crippen molar-refractivity contribution < 1.29 is 4.79 Å². The minimum Gasteiger partial charge on any atom is -0.338 e. The lowest BCUT2D eigenvalue weighted by Gasteiger charge is -2.32. The predicted octanol–water partition coefficient (Wildman–Crippen LogP) is 3.91. The quantitative estimate of drug-likeness (QED) is 0.525. The van der Waals surface area contributed by atoms with Crippen LogP contribution in [0.15, 0.2) is 48.7 Å². The smallest absolute Gasteiger partial charge is 0.255 e. The third-order valence-electron chi connectivity index (χ3n) is 5.81. The number of aryl methyl sites for hydroxylation is 2. The van der Waals surface area contributed by atoms with Crippen LogP contribution in [0.5, 0.6) is 0 Å². The minimum atomic E-state index is 0.0527. The third kappa shape index (κ3) is 3.14. The fraction of sp³-hybridized carbons (Fsp3) is 0.304. The molecule has 1 aliphatic rings. The van der Waals surface area contributed by atoms with Crippen LogP contribution in [-0.2, 0) is 0 Å². The molecule has 1 aliphatic heterocycles. The SMILES string of the molecule is Cc1ccc2nc(C)c(C(=O)N3CCCC(c4nnc5ccccn45)C3)cc2c1. The molecular weight excluding hydrogens is 362 g/mol. The van der Waals surface area contributed by atoms with Crippen molar-refractivity contribution in [1.82, 2.24) is 24.5 Å². The number of nitrogens with zero attached hydrogens (tertiary/aromatic N) is 5. The minimum absolute atomic E-state index is 0.0527. The van der Waals surface area contributed by atoms with Crippen molar-refractivity contribution in [3.8, 4) is 0 Å². The van der Waals surface area contributed by atoms with E-state index >= 15 is 0 Å². The molecule has 4 aromatic rings. The number of aromatic nitrogens is 4. The van der Waals surface area contributed by atoms with Crippen LogP contribution in [0.1, 0.15) is 46.2 Å². The lowest BCUT2D eigenvalue weighted by atomic mass is 9.96. The summed E-state index contributed by atoms with van der Waals surface area (Å²) in [5.74, 6) is 1.17. The molecule has 0 radical (unpaired) electrons. The molecule has 1 aromatic carbocycles. The highest BCUT2D eigenvalue weighted by atomic mass is 16.2. The van der Waals surface area contributed by atoms with E-state index in [9.17, 15) is 4.79 Å². The molecule has 6 nitrogen and oxygen atoms in total. The number of amides is 1. The number of carbonyl (C=O) groups is 1. The van der Waals surface area contributed by atoms with Gasteiger partial charge in [0.1, 0.15) is 5.82 Å². The van der Waals surface area contributed by atoms with Gasteiger partial charge in [0.15, 0.2) is 5.65 Å². The van der Waals surface area contributed by atoms with E-state index in [-0.39, 0.29) is 11.8 Å². The van der Waals surface area contributed by atoms with Crippen LogP contribution in [0.2, 0.25) is 0 Å². The average Bonchev–Trinajstić information content (AvgIpc) is 3.17. The topological polar surface area (TPSA) is 63.4 Å². The molecule has 1 fully saturated rings. The maximum absolute atomic E-state index is 13.4. The van der Waals surface area contributed by atoms with Crippen molar-refractivity contribution in [3.63, 3.8) is 0 Å². The van der Waals surface area contributed by atoms with E-state index in [1.807, 2.05) is 58.8 Å². The highest BCUT2D eigenvalue weighted by molar-refractivity contribution is 5.98. The zero-order valence-corrected chi connectivity index (χ0v) is 16.7. The fourth-order valence-electron chi connectivity index (χ4n) is 4.29. The number of likely N-dealkylation sites (tertiary alicyclic amines) is 1. The highest BCUT2D eigenvalue weighted by Crippen LogP contribution is 2.28. The maximum atomic E-state index is 13.4. The number of benzene rings is 1. The summed E-state index contributed by atoms with van der Waals surface area (Å²) in [6.45, 7) is 5.38.